The van der Waals surface area contributed by atoms with Crippen molar-refractivity contribution in [3.05, 3.63) is 52.5 Å². The molecule has 1 aliphatic heterocycles. The van der Waals surface area contributed by atoms with Gasteiger partial charge in [0.15, 0.2) is 0 Å². The summed E-state index contributed by atoms with van der Waals surface area (Å²) >= 11 is 0. The normalized spacial score (nSPS) is 17.2. The van der Waals surface area contributed by atoms with Crippen molar-refractivity contribution >= 4 is 21.9 Å². The van der Waals surface area contributed by atoms with E-state index in [2.05, 4.69) is 5.32 Å². The SMILES string of the molecule is COC(=O)c1cc(CNC(=O)C2CCN(S(=O)(=O)c3ccc4c(c3)CCC4)CC2)oc1C. The van der Waals surface area contributed by atoms with Crippen LogP contribution in [0, 0.1) is 12.8 Å². The molecule has 1 saturated heterocycles. The van der Waals surface area contributed by atoms with Crippen LogP contribution in [0.2, 0.25) is 0 Å². The summed E-state index contributed by atoms with van der Waals surface area (Å²) in [5.41, 5.74) is 2.70. The minimum atomic E-state index is -3.56. The number of rotatable bonds is 6. The van der Waals surface area contributed by atoms with Crippen LogP contribution in [0.5, 0.6) is 0 Å². The largest absolute Gasteiger partial charge is 0.465 e. The van der Waals surface area contributed by atoms with E-state index in [1.54, 1.807) is 19.1 Å². The van der Waals surface area contributed by atoms with Crippen LogP contribution in [0.1, 0.15) is 52.3 Å². The maximum atomic E-state index is 13.1. The highest BCUT2D eigenvalue weighted by atomic mass is 32.2. The Hall–Kier alpha value is -2.65. The van der Waals surface area contributed by atoms with Gasteiger partial charge < -0.3 is 14.5 Å². The Morgan fingerprint density at radius 1 is 1.16 bits per heavy atom. The van der Waals surface area contributed by atoms with Gasteiger partial charge in [-0.05, 0) is 68.4 Å². The first kappa shape index (κ1) is 22.5. The van der Waals surface area contributed by atoms with Gasteiger partial charge in [0.1, 0.15) is 17.1 Å². The molecule has 8 nitrogen and oxygen atoms in total. The predicted molar refractivity (Wildman–Crippen MR) is 117 cm³/mol. The number of hydrogen-bond donors (Lipinski definition) is 1. The summed E-state index contributed by atoms with van der Waals surface area (Å²) in [5, 5.41) is 2.83. The van der Waals surface area contributed by atoms with Gasteiger partial charge in [-0.15, -0.1) is 0 Å². The van der Waals surface area contributed by atoms with E-state index in [1.165, 1.54) is 17.0 Å². The van der Waals surface area contributed by atoms with E-state index in [0.29, 0.717) is 47.9 Å². The Morgan fingerprint density at radius 3 is 2.59 bits per heavy atom. The highest BCUT2D eigenvalue weighted by molar-refractivity contribution is 7.89. The molecular weight excluding hydrogens is 432 g/mol. The molecule has 0 bridgehead atoms. The minimum Gasteiger partial charge on any atom is -0.465 e. The lowest BCUT2D eigenvalue weighted by atomic mass is 9.97. The van der Waals surface area contributed by atoms with Gasteiger partial charge in [-0.25, -0.2) is 13.2 Å². The van der Waals surface area contributed by atoms with E-state index in [0.717, 1.165) is 24.8 Å². The van der Waals surface area contributed by atoms with Gasteiger partial charge in [0.05, 0.1) is 18.6 Å². The molecule has 1 aromatic heterocycles. The highest BCUT2D eigenvalue weighted by Gasteiger charge is 2.32. The van der Waals surface area contributed by atoms with E-state index in [9.17, 15) is 18.0 Å². The molecule has 32 heavy (non-hydrogen) atoms. The summed E-state index contributed by atoms with van der Waals surface area (Å²) in [6.07, 6.45) is 3.93. The van der Waals surface area contributed by atoms with Crippen LogP contribution in [-0.2, 0) is 38.9 Å². The quantitative estimate of drug-likeness (QED) is 0.664. The summed E-state index contributed by atoms with van der Waals surface area (Å²) in [7, 11) is -2.26. The highest BCUT2D eigenvalue weighted by Crippen LogP contribution is 2.28. The van der Waals surface area contributed by atoms with Gasteiger partial charge in [-0.2, -0.15) is 4.31 Å². The zero-order valence-electron chi connectivity index (χ0n) is 18.3. The number of esters is 1. The van der Waals surface area contributed by atoms with Crippen molar-refractivity contribution in [3.8, 4) is 0 Å². The Kier molecular flexibility index (Phi) is 6.39. The van der Waals surface area contributed by atoms with Crippen molar-refractivity contribution < 1.29 is 27.2 Å². The van der Waals surface area contributed by atoms with E-state index >= 15 is 0 Å². The summed E-state index contributed by atoms with van der Waals surface area (Å²) in [5.74, 6) is 0.00526. The third-order valence-corrected chi connectivity index (χ3v) is 8.24. The lowest BCUT2D eigenvalue weighted by Gasteiger charge is -2.30. The molecule has 1 fully saturated rings. The average molecular weight is 461 g/mol. The minimum absolute atomic E-state index is 0.145. The molecule has 172 valence electrons. The molecule has 1 aromatic carbocycles. The van der Waals surface area contributed by atoms with E-state index in [-0.39, 0.29) is 18.4 Å². The number of aryl methyl sites for hydroxylation is 3. The fourth-order valence-electron chi connectivity index (χ4n) is 4.48. The van der Waals surface area contributed by atoms with Gasteiger partial charge in [0.25, 0.3) is 0 Å². The lowest BCUT2D eigenvalue weighted by molar-refractivity contribution is -0.126. The van der Waals surface area contributed by atoms with Crippen molar-refractivity contribution in [1.82, 2.24) is 9.62 Å². The van der Waals surface area contributed by atoms with E-state index < -0.39 is 16.0 Å². The molecule has 1 N–H and O–H groups in total. The van der Waals surface area contributed by atoms with Crippen LogP contribution in [0.25, 0.3) is 0 Å². The first-order valence-electron chi connectivity index (χ1n) is 10.9. The molecule has 0 radical (unpaired) electrons. The summed E-state index contributed by atoms with van der Waals surface area (Å²) < 4.78 is 37.8. The molecule has 1 amide bonds. The molecule has 1 aliphatic carbocycles. The second-order valence-corrected chi connectivity index (χ2v) is 10.3. The second-order valence-electron chi connectivity index (χ2n) is 8.35. The van der Waals surface area contributed by atoms with Crippen LogP contribution in [0.3, 0.4) is 0 Å². The topological polar surface area (TPSA) is 106 Å². The molecule has 2 aromatic rings. The Balaban J connectivity index is 1.32. The summed E-state index contributed by atoms with van der Waals surface area (Å²) in [6.45, 7) is 2.44. The standard InChI is InChI=1S/C23H28N2O6S/c1-15-21(23(27)30-2)13-19(31-15)14-24-22(26)17-8-10-25(11-9-17)32(28,29)20-7-6-16-4-3-5-18(16)12-20/h6-7,12-13,17H,3-5,8-11,14H2,1-2H3,(H,24,26). The number of piperidine rings is 1. The zero-order valence-corrected chi connectivity index (χ0v) is 19.2. The molecule has 2 aliphatic rings. The van der Waals surface area contributed by atoms with Crippen LogP contribution < -0.4 is 5.32 Å². The number of hydrogen-bond acceptors (Lipinski definition) is 6. The first-order chi connectivity index (χ1) is 15.3. The number of fused-ring (bicyclic) bond motifs is 1. The number of carbonyl (C=O) groups excluding carboxylic acids is 2. The number of amides is 1. The fraction of sp³-hybridized carbons (Fsp3) is 0.478. The third kappa shape index (κ3) is 4.45. The number of nitrogens with one attached hydrogen (secondary N) is 1. The molecule has 0 spiro atoms. The molecule has 0 unspecified atom stereocenters. The van der Waals surface area contributed by atoms with Gasteiger partial charge >= 0.3 is 5.97 Å². The van der Waals surface area contributed by atoms with Gasteiger partial charge in [0.2, 0.25) is 15.9 Å². The second kappa shape index (κ2) is 9.07. The number of ether oxygens (including phenoxy) is 1. The number of nitrogens with zero attached hydrogens (tertiary/aromatic N) is 1. The number of sulfonamides is 1. The van der Waals surface area contributed by atoms with Crippen molar-refractivity contribution in [2.45, 2.75) is 50.5 Å². The fourth-order valence-corrected chi connectivity index (χ4v) is 6.00. The van der Waals surface area contributed by atoms with Crippen LogP contribution in [0.15, 0.2) is 33.6 Å². The number of benzene rings is 1. The van der Waals surface area contributed by atoms with E-state index in [1.807, 2.05) is 12.1 Å². The average Bonchev–Trinajstić information content (AvgIpc) is 3.42. The van der Waals surface area contributed by atoms with Crippen LogP contribution in [0.4, 0.5) is 0 Å². The van der Waals surface area contributed by atoms with Gasteiger partial charge in [0, 0.05) is 19.0 Å². The molecule has 0 saturated carbocycles. The van der Waals surface area contributed by atoms with Crippen molar-refractivity contribution in [2.75, 3.05) is 20.2 Å². The lowest BCUT2D eigenvalue weighted by Crippen LogP contribution is -2.42. The summed E-state index contributed by atoms with van der Waals surface area (Å²) in [6, 6.07) is 7.00. The van der Waals surface area contributed by atoms with Crippen LogP contribution in [-0.4, -0.2) is 44.8 Å². The van der Waals surface area contributed by atoms with Crippen molar-refractivity contribution in [2.24, 2.45) is 5.92 Å². The predicted octanol–water partition coefficient (Wildman–Crippen LogP) is 2.58. The van der Waals surface area contributed by atoms with Gasteiger partial charge in [-0.1, -0.05) is 6.07 Å². The zero-order chi connectivity index (χ0) is 22.9. The Labute approximate surface area is 188 Å². The summed E-state index contributed by atoms with van der Waals surface area (Å²) in [4.78, 5) is 24.6. The smallest absolute Gasteiger partial charge is 0.341 e. The monoisotopic (exact) mass is 460 g/mol. The maximum Gasteiger partial charge on any atom is 0.341 e. The van der Waals surface area contributed by atoms with Crippen molar-refractivity contribution in [1.29, 1.82) is 0 Å². The maximum absolute atomic E-state index is 13.1. The first-order valence-corrected chi connectivity index (χ1v) is 12.3. The molecule has 2 heterocycles. The molecular formula is C23H28N2O6S. The number of carbonyl (C=O) groups is 2. The van der Waals surface area contributed by atoms with E-state index in [4.69, 9.17) is 9.15 Å². The van der Waals surface area contributed by atoms with Gasteiger partial charge in [-0.3, -0.25) is 4.79 Å². The number of methoxy groups -OCH3 is 1. The number of furan rings is 1. The Bertz CT molecular complexity index is 1130. The molecule has 4 rings (SSSR count). The van der Waals surface area contributed by atoms with Crippen LogP contribution >= 0.6 is 0 Å². The third-order valence-electron chi connectivity index (χ3n) is 6.34. The molecule has 9 heteroatoms. The van der Waals surface area contributed by atoms with Crippen molar-refractivity contribution in [3.63, 3.8) is 0 Å². The Morgan fingerprint density at radius 2 is 1.88 bits per heavy atom. The molecule has 0 atom stereocenters.